The number of ketones is 1. The van der Waals surface area contributed by atoms with E-state index in [-0.39, 0.29) is 17.3 Å². The van der Waals surface area contributed by atoms with Crippen molar-refractivity contribution in [2.75, 3.05) is 6.61 Å². The SMILES string of the molecule is C=C.C=C[C@@H]1COC2(CCCC3=CC(=O)CC[C@@]32C)O1. The van der Waals surface area contributed by atoms with Crippen LogP contribution in [0.5, 0.6) is 0 Å². The highest BCUT2D eigenvalue weighted by atomic mass is 16.7. The number of carbonyl (C=O) groups is 1. The molecule has 0 aromatic heterocycles. The first-order chi connectivity index (χ1) is 9.60. The maximum absolute atomic E-state index is 11.6. The maximum atomic E-state index is 11.6. The van der Waals surface area contributed by atoms with E-state index in [1.54, 1.807) is 0 Å². The number of hydrogen-bond acceptors (Lipinski definition) is 3. The minimum atomic E-state index is -0.531. The molecule has 0 aromatic carbocycles. The molecule has 20 heavy (non-hydrogen) atoms. The summed E-state index contributed by atoms with van der Waals surface area (Å²) >= 11 is 0. The Balaban J connectivity index is 0.000000704. The molecule has 0 amide bonds. The van der Waals surface area contributed by atoms with Crippen LogP contribution in [0.25, 0.3) is 0 Å². The van der Waals surface area contributed by atoms with Gasteiger partial charge in [-0.1, -0.05) is 18.6 Å². The van der Waals surface area contributed by atoms with Crippen molar-refractivity contribution in [2.24, 2.45) is 5.41 Å². The Kier molecular flexibility index (Phi) is 4.31. The Morgan fingerprint density at radius 3 is 2.75 bits per heavy atom. The molecule has 1 heterocycles. The summed E-state index contributed by atoms with van der Waals surface area (Å²) < 4.78 is 12.2. The Morgan fingerprint density at radius 1 is 1.35 bits per heavy atom. The third-order valence-corrected chi connectivity index (χ3v) is 4.79. The lowest BCUT2D eigenvalue weighted by atomic mass is 9.62. The first-order valence-corrected chi connectivity index (χ1v) is 7.28. The third kappa shape index (κ3) is 2.19. The van der Waals surface area contributed by atoms with Gasteiger partial charge in [0.05, 0.1) is 6.61 Å². The highest BCUT2D eigenvalue weighted by molar-refractivity contribution is 5.91. The Morgan fingerprint density at radius 2 is 2.10 bits per heavy atom. The first-order valence-electron chi connectivity index (χ1n) is 7.28. The van der Waals surface area contributed by atoms with E-state index in [0.29, 0.717) is 13.0 Å². The molecule has 2 fully saturated rings. The van der Waals surface area contributed by atoms with Crippen LogP contribution in [0.1, 0.15) is 39.0 Å². The van der Waals surface area contributed by atoms with E-state index < -0.39 is 5.79 Å². The normalized spacial score (nSPS) is 39.5. The fraction of sp³-hybridized carbons (Fsp3) is 0.588. The molecule has 3 aliphatic rings. The van der Waals surface area contributed by atoms with E-state index in [9.17, 15) is 4.79 Å². The standard InChI is InChI=1S/C15H20O3.C2H4/c1-3-13-10-17-15(18-13)7-4-5-11-9-12(16)6-8-14(11,15)2;1-2/h3,9,13H,1,4-8,10H2,2H3;1-2H2/t13-,14+,15?;/m1./s1. The van der Waals surface area contributed by atoms with Crippen molar-refractivity contribution in [2.45, 2.75) is 50.9 Å². The summed E-state index contributed by atoms with van der Waals surface area (Å²) in [4.78, 5) is 11.6. The molecule has 1 unspecified atom stereocenters. The largest absolute Gasteiger partial charge is 0.346 e. The molecule has 1 saturated heterocycles. The van der Waals surface area contributed by atoms with Gasteiger partial charge in [0.1, 0.15) is 6.10 Å². The van der Waals surface area contributed by atoms with Crippen LogP contribution in [0.15, 0.2) is 37.5 Å². The Bertz CT molecular complexity index is 440. The van der Waals surface area contributed by atoms with Crippen LogP contribution in [0.2, 0.25) is 0 Å². The predicted octanol–water partition coefficient (Wildman–Crippen LogP) is 3.57. The van der Waals surface area contributed by atoms with E-state index in [4.69, 9.17) is 9.47 Å². The van der Waals surface area contributed by atoms with E-state index >= 15 is 0 Å². The molecule has 0 N–H and O–H groups in total. The number of allylic oxidation sites excluding steroid dienone is 1. The minimum absolute atomic E-state index is 0.0150. The summed E-state index contributed by atoms with van der Waals surface area (Å²) in [6, 6.07) is 0. The Labute approximate surface area is 121 Å². The molecule has 1 saturated carbocycles. The molecular formula is C17H24O3. The van der Waals surface area contributed by atoms with Gasteiger partial charge in [-0.25, -0.2) is 0 Å². The molecule has 1 spiro atoms. The monoisotopic (exact) mass is 276 g/mol. The number of ether oxygens (including phenoxy) is 2. The van der Waals surface area contributed by atoms with Gasteiger partial charge in [-0.2, -0.15) is 0 Å². The topological polar surface area (TPSA) is 35.5 Å². The molecule has 110 valence electrons. The molecule has 3 atom stereocenters. The van der Waals surface area contributed by atoms with Crippen molar-refractivity contribution in [1.29, 1.82) is 0 Å². The van der Waals surface area contributed by atoms with Gasteiger partial charge < -0.3 is 9.47 Å². The highest BCUT2D eigenvalue weighted by Crippen LogP contribution is 2.56. The zero-order valence-corrected chi connectivity index (χ0v) is 12.3. The summed E-state index contributed by atoms with van der Waals surface area (Å²) in [5.74, 6) is -0.283. The van der Waals surface area contributed by atoms with E-state index in [1.165, 1.54) is 5.57 Å². The van der Waals surface area contributed by atoms with Crippen molar-refractivity contribution in [3.8, 4) is 0 Å². The van der Waals surface area contributed by atoms with Gasteiger partial charge in [0.25, 0.3) is 0 Å². The zero-order valence-electron chi connectivity index (χ0n) is 12.3. The minimum Gasteiger partial charge on any atom is -0.346 e. The lowest BCUT2D eigenvalue weighted by Crippen LogP contribution is -2.52. The van der Waals surface area contributed by atoms with E-state index in [1.807, 2.05) is 12.2 Å². The van der Waals surface area contributed by atoms with Crippen LogP contribution in [0, 0.1) is 5.41 Å². The van der Waals surface area contributed by atoms with Crippen LogP contribution < -0.4 is 0 Å². The lowest BCUT2D eigenvalue weighted by Gasteiger charge is -2.51. The van der Waals surface area contributed by atoms with Gasteiger partial charge in [0.2, 0.25) is 0 Å². The predicted molar refractivity (Wildman–Crippen MR) is 79.3 cm³/mol. The summed E-state index contributed by atoms with van der Waals surface area (Å²) in [5, 5.41) is 0. The maximum Gasteiger partial charge on any atom is 0.178 e. The van der Waals surface area contributed by atoms with E-state index in [0.717, 1.165) is 25.7 Å². The summed E-state index contributed by atoms with van der Waals surface area (Å²) in [6.45, 7) is 12.6. The molecule has 3 nitrogen and oxygen atoms in total. The van der Waals surface area contributed by atoms with Crippen molar-refractivity contribution in [1.82, 2.24) is 0 Å². The Hall–Kier alpha value is -1.19. The molecule has 3 heteroatoms. The molecule has 0 aromatic rings. The quantitative estimate of drug-likeness (QED) is 0.687. The van der Waals surface area contributed by atoms with Crippen LogP contribution in [0.4, 0.5) is 0 Å². The summed E-state index contributed by atoms with van der Waals surface area (Å²) in [6.07, 6.45) is 8.00. The van der Waals surface area contributed by atoms with Gasteiger partial charge in [-0.05, 0) is 25.3 Å². The lowest BCUT2D eigenvalue weighted by molar-refractivity contribution is -0.242. The van der Waals surface area contributed by atoms with Crippen LogP contribution in [0.3, 0.4) is 0 Å². The highest BCUT2D eigenvalue weighted by Gasteiger charge is 2.58. The molecule has 2 aliphatic carbocycles. The van der Waals surface area contributed by atoms with Crippen LogP contribution in [-0.2, 0) is 14.3 Å². The fourth-order valence-corrected chi connectivity index (χ4v) is 3.60. The third-order valence-electron chi connectivity index (χ3n) is 4.79. The number of hydrogen-bond donors (Lipinski definition) is 0. The molecular weight excluding hydrogens is 252 g/mol. The van der Waals surface area contributed by atoms with Gasteiger partial charge >= 0.3 is 0 Å². The average Bonchev–Trinajstić information content (AvgIpc) is 2.89. The second-order valence-electron chi connectivity index (χ2n) is 5.78. The number of fused-ring (bicyclic) bond motifs is 2. The molecule has 0 radical (unpaired) electrons. The molecule has 1 aliphatic heterocycles. The van der Waals surface area contributed by atoms with Gasteiger partial charge in [-0.15, -0.1) is 19.7 Å². The van der Waals surface area contributed by atoms with Gasteiger partial charge in [0.15, 0.2) is 11.6 Å². The van der Waals surface area contributed by atoms with Gasteiger partial charge in [-0.3, -0.25) is 4.79 Å². The fourth-order valence-electron chi connectivity index (χ4n) is 3.60. The van der Waals surface area contributed by atoms with Gasteiger partial charge in [0, 0.05) is 18.3 Å². The summed E-state index contributed by atoms with van der Waals surface area (Å²) in [5.41, 5.74) is 1.08. The van der Waals surface area contributed by atoms with E-state index in [2.05, 4.69) is 26.7 Å². The first kappa shape index (κ1) is 15.2. The van der Waals surface area contributed by atoms with Crippen molar-refractivity contribution < 1.29 is 14.3 Å². The smallest absolute Gasteiger partial charge is 0.178 e. The number of rotatable bonds is 1. The average molecular weight is 276 g/mol. The van der Waals surface area contributed by atoms with Crippen LogP contribution >= 0.6 is 0 Å². The molecule has 3 rings (SSSR count). The summed E-state index contributed by atoms with van der Waals surface area (Å²) in [7, 11) is 0. The van der Waals surface area contributed by atoms with Crippen molar-refractivity contribution in [3.05, 3.63) is 37.5 Å². The van der Waals surface area contributed by atoms with Crippen LogP contribution in [-0.4, -0.2) is 24.3 Å². The second kappa shape index (κ2) is 5.66. The van der Waals surface area contributed by atoms with Crippen molar-refractivity contribution >= 4 is 5.78 Å². The zero-order chi connectivity index (χ0) is 14.8. The molecule has 0 bridgehead atoms. The second-order valence-corrected chi connectivity index (χ2v) is 5.78. The number of carbonyl (C=O) groups excluding carboxylic acids is 1. The van der Waals surface area contributed by atoms with Crippen molar-refractivity contribution in [3.63, 3.8) is 0 Å².